The summed E-state index contributed by atoms with van der Waals surface area (Å²) in [5.41, 5.74) is 0.892. The predicted molar refractivity (Wildman–Crippen MR) is 168 cm³/mol. The van der Waals surface area contributed by atoms with Crippen molar-refractivity contribution < 1.29 is 22.8 Å². The van der Waals surface area contributed by atoms with Gasteiger partial charge >= 0.3 is 6.18 Å². The molecule has 0 spiro atoms. The maximum atomic E-state index is 14.3. The van der Waals surface area contributed by atoms with Crippen LogP contribution < -0.4 is 10.2 Å². The highest BCUT2D eigenvalue weighted by atomic mass is 19.4. The molecule has 2 amide bonds. The van der Waals surface area contributed by atoms with Crippen LogP contribution in [0.1, 0.15) is 58.2 Å². The molecule has 0 bridgehead atoms. The third-order valence-corrected chi connectivity index (χ3v) is 9.41. The van der Waals surface area contributed by atoms with Crippen LogP contribution in [-0.4, -0.2) is 76.7 Å². The van der Waals surface area contributed by atoms with E-state index >= 15 is 0 Å². The lowest BCUT2D eigenvalue weighted by atomic mass is 9.58. The summed E-state index contributed by atoms with van der Waals surface area (Å²) in [6.45, 7) is 4.65. The van der Waals surface area contributed by atoms with Gasteiger partial charge in [0.2, 0.25) is 5.91 Å². The van der Waals surface area contributed by atoms with Crippen LogP contribution in [0.25, 0.3) is 0 Å². The molecule has 0 radical (unpaired) electrons. The van der Waals surface area contributed by atoms with Crippen LogP contribution in [-0.2, 0) is 36.5 Å². The molecule has 1 saturated carbocycles. The van der Waals surface area contributed by atoms with Gasteiger partial charge in [-0.05, 0) is 73.8 Å². The van der Waals surface area contributed by atoms with E-state index < -0.39 is 17.6 Å². The Kier molecular flexibility index (Phi) is 8.53. The van der Waals surface area contributed by atoms with Crippen molar-refractivity contribution in [1.82, 2.24) is 29.9 Å². The quantitative estimate of drug-likeness (QED) is 0.333. The Morgan fingerprint density at radius 2 is 1.93 bits per heavy atom. The maximum absolute atomic E-state index is 14.3. The zero-order valence-corrected chi connectivity index (χ0v) is 26.6. The molecule has 3 aliphatic rings. The molecule has 1 saturated heterocycles. The van der Waals surface area contributed by atoms with Crippen LogP contribution in [0.3, 0.4) is 0 Å². The van der Waals surface area contributed by atoms with Gasteiger partial charge in [0.1, 0.15) is 12.2 Å². The lowest BCUT2D eigenvalue weighted by Gasteiger charge is -2.46. The van der Waals surface area contributed by atoms with Crippen LogP contribution >= 0.6 is 0 Å². The first kappa shape index (κ1) is 31.9. The molecule has 0 atom stereocenters. The highest BCUT2D eigenvalue weighted by molar-refractivity contribution is 6.10. The average Bonchev–Trinajstić information content (AvgIpc) is 3.54. The molecule has 3 heterocycles. The number of anilines is 1. The number of hydrogen-bond donors (Lipinski definition) is 1. The van der Waals surface area contributed by atoms with Gasteiger partial charge in [0.05, 0.1) is 17.5 Å². The number of nitrogens with zero attached hydrogens (tertiary/aromatic N) is 6. The van der Waals surface area contributed by atoms with Crippen LogP contribution in [0, 0.1) is 11.8 Å². The average molecular weight is 636 g/mol. The summed E-state index contributed by atoms with van der Waals surface area (Å²) >= 11 is 0. The maximum Gasteiger partial charge on any atom is 0.416 e. The van der Waals surface area contributed by atoms with E-state index in [4.69, 9.17) is 0 Å². The summed E-state index contributed by atoms with van der Waals surface area (Å²) in [5, 5.41) is 11.7. The Morgan fingerprint density at radius 1 is 1.17 bits per heavy atom. The fraction of sp³-hybridized carbons (Fsp3) is 0.471. The van der Waals surface area contributed by atoms with Gasteiger partial charge in [0, 0.05) is 63.0 Å². The molecule has 6 rings (SSSR count). The lowest BCUT2D eigenvalue weighted by Crippen LogP contribution is -2.52. The number of carbonyl (C=O) groups excluding carboxylic acids is 2. The number of amides is 2. The van der Waals surface area contributed by atoms with Gasteiger partial charge in [-0.1, -0.05) is 25.1 Å². The highest BCUT2D eigenvalue weighted by Crippen LogP contribution is 2.52. The van der Waals surface area contributed by atoms with Crippen molar-refractivity contribution in [1.29, 1.82) is 0 Å². The monoisotopic (exact) mass is 635 g/mol. The molecule has 2 aromatic carbocycles. The van der Waals surface area contributed by atoms with Crippen molar-refractivity contribution in [3.05, 3.63) is 88.5 Å². The van der Waals surface area contributed by atoms with Gasteiger partial charge in [-0.15, -0.1) is 10.2 Å². The molecule has 12 heteroatoms. The molecule has 244 valence electrons. The molecular formula is C34H40F3N7O2. The Bertz CT molecular complexity index is 1650. The Morgan fingerprint density at radius 3 is 2.59 bits per heavy atom. The van der Waals surface area contributed by atoms with E-state index in [0.29, 0.717) is 43.3 Å². The summed E-state index contributed by atoms with van der Waals surface area (Å²) in [5.74, 6) is 1.07. The van der Waals surface area contributed by atoms with Crippen LogP contribution in [0.4, 0.5) is 18.9 Å². The number of carbonyl (C=O) groups is 2. The van der Waals surface area contributed by atoms with E-state index in [1.54, 1.807) is 29.4 Å². The van der Waals surface area contributed by atoms with E-state index in [9.17, 15) is 22.8 Å². The summed E-state index contributed by atoms with van der Waals surface area (Å²) in [4.78, 5) is 31.1. The van der Waals surface area contributed by atoms with Crippen LogP contribution in [0.15, 0.2) is 54.9 Å². The van der Waals surface area contributed by atoms with Crippen molar-refractivity contribution in [2.24, 2.45) is 18.9 Å². The van der Waals surface area contributed by atoms with Crippen molar-refractivity contribution in [2.45, 2.75) is 44.4 Å². The third kappa shape index (κ3) is 6.07. The number of benzene rings is 2. The van der Waals surface area contributed by atoms with Crippen molar-refractivity contribution in [3.63, 3.8) is 0 Å². The first-order valence-corrected chi connectivity index (χ1v) is 15.7. The van der Waals surface area contributed by atoms with E-state index in [1.165, 1.54) is 4.90 Å². The number of halogens is 3. The second-order valence-corrected chi connectivity index (χ2v) is 13.4. The van der Waals surface area contributed by atoms with Gasteiger partial charge in [0.25, 0.3) is 5.91 Å². The zero-order chi connectivity index (χ0) is 32.8. The molecule has 0 unspecified atom stereocenters. The van der Waals surface area contributed by atoms with Crippen molar-refractivity contribution in [3.8, 4) is 0 Å². The second kappa shape index (κ2) is 12.3. The SMILES string of the molecule is CC1CC(c2cccc(N3Cc4c(cc(CNCC5CN(C(=O)/C=C/CN(C)C)C5)cc4C(F)(F)F)C3=O)c2)(c2nncn2C)C1. The predicted octanol–water partition coefficient (Wildman–Crippen LogP) is 4.38. The molecule has 9 nitrogen and oxygen atoms in total. The third-order valence-electron chi connectivity index (χ3n) is 9.41. The van der Waals surface area contributed by atoms with Gasteiger partial charge in [-0.2, -0.15) is 13.2 Å². The van der Waals surface area contributed by atoms with Gasteiger partial charge < -0.3 is 24.6 Å². The van der Waals surface area contributed by atoms with E-state index in [2.05, 4.69) is 22.4 Å². The number of rotatable bonds is 10. The summed E-state index contributed by atoms with van der Waals surface area (Å²) in [6.07, 6.45) is 2.20. The van der Waals surface area contributed by atoms with E-state index in [-0.39, 0.29) is 41.5 Å². The van der Waals surface area contributed by atoms with Gasteiger partial charge in [-0.3, -0.25) is 9.59 Å². The minimum absolute atomic E-state index is 0.00222. The summed E-state index contributed by atoms with van der Waals surface area (Å²) < 4.78 is 44.9. The minimum atomic E-state index is -4.61. The minimum Gasteiger partial charge on any atom is -0.338 e. The Balaban J connectivity index is 1.16. The van der Waals surface area contributed by atoms with Crippen molar-refractivity contribution in [2.75, 3.05) is 45.2 Å². The number of fused-ring (bicyclic) bond motifs is 1. The molecule has 1 aromatic heterocycles. The number of likely N-dealkylation sites (N-methyl/N-ethyl adjacent to an activating group) is 1. The topological polar surface area (TPSA) is 86.6 Å². The molecule has 3 aromatic rings. The van der Waals surface area contributed by atoms with Crippen LogP contribution in [0.2, 0.25) is 0 Å². The number of aromatic nitrogens is 3. The smallest absolute Gasteiger partial charge is 0.338 e. The fourth-order valence-corrected chi connectivity index (χ4v) is 7.17. The number of alkyl halides is 3. The molecule has 1 aliphatic carbocycles. The normalized spacial score (nSPS) is 21.7. The van der Waals surface area contributed by atoms with E-state index in [0.717, 1.165) is 30.3 Å². The van der Waals surface area contributed by atoms with Gasteiger partial charge in [0.15, 0.2) is 0 Å². The number of hydrogen-bond acceptors (Lipinski definition) is 6. The number of likely N-dealkylation sites (tertiary alicyclic amines) is 1. The molecule has 1 N–H and O–H groups in total. The number of aryl methyl sites for hydroxylation is 1. The Labute approximate surface area is 267 Å². The Hall–Kier alpha value is -4.03. The molecular weight excluding hydrogens is 595 g/mol. The molecule has 2 aliphatic heterocycles. The highest BCUT2D eigenvalue weighted by Gasteiger charge is 2.48. The first-order chi connectivity index (χ1) is 21.9. The first-order valence-electron chi connectivity index (χ1n) is 15.7. The lowest BCUT2D eigenvalue weighted by molar-refractivity contribution is -0.138. The largest absolute Gasteiger partial charge is 0.416 e. The second-order valence-electron chi connectivity index (χ2n) is 13.4. The number of nitrogens with one attached hydrogen (secondary N) is 1. The van der Waals surface area contributed by atoms with Gasteiger partial charge in [-0.25, -0.2) is 0 Å². The van der Waals surface area contributed by atoms with E-state index in [1.807, 2.05) is 54.9 Å². The van der Waals surface area contributed by atoms with Crippen LogP contribution in [0.5, 0.6) is 0 Å². The summed E-state index contributed by atoms with van der Waals surface area (Å²) in [7, 11) is 5.76. The fourth-order valence-electron chi connectivity index (χ4n) is 7.17. The van der Waals surface area contributed by atoms with Crippen molar-refractivity contribution >= 4 is 17.5 Å². The molecule has 2 fully saturated rings. The zero-order valence-electron chi connectivity index (χ0n) is 26.6. The standard InChI is InChI=1S/C34H40F3N7O2/c1-22-14-33(15-22,32-40-39-21-42(32)4)25-7-5-8-26(13-25)44-20-28-27(31(44)46)11-23(12-29(28)34(35,36)37)16-38-17-24-18-43(19-24)30(45)9-6-10-41(2)3/h5-9,11-13,21-22,24,38H,10,14-20H2,1-4H3/b9-6+. The summed E-state index contributed by atoms with van der Waals surface area (Å²) in [6, 6.07) is 10.3. The molecule has 46 heavy (non-hydrogen) atoms.